The van der Waals surface area contributed by atoms with Crippen molar-refractivity contribution in [2.45, 2.75) is 33.4 Å². The van der Waals surface area contributed by atoms with Crippen LogP contribution in [0.5, 0.6) is 5.75 Å². The zero-order chi connectivity index (χ0) is 19.4. The van der Waals surface area contributed by atoms with Gasteiger partial charge in [-0.25, -0.2) is 0 Å². The summed E-state index contributed by atoms with van der Waals surface area (Å²) in [6.45, 7) is 6.06. The fraction of sp³-hybridized carbons (Fsp3) is 0.286. The van der Waals surface area contributed by atoms with Crippen molar-refractivity contribution in [1.82, 2.24) is 9.88 Å². The Labute approximate surface area is 163 Å². The van der Waals surface area contributed by atoms with Crippen molar-refractivity contribution in [2.24, 2.45) is 0 Å². The zero-order valence-electron chi connectivity index (χ0n) is 15.6. The molecule has 0 bridgehead atoms. The van der Waals surface area contributed by atoms with Crippen LogP contribution in [-0.2, 0) is 16.1 Å². The van der Waals surface area contributed by atoms with E-state index in [1.54, 1.807) is 12.3 Å². The maximum atomic E-state index is 13.0. The topological polar surface area (TPSA) is 59.5 Å². The Hall–Kier alpha value is -2.60. The molecular weight excluding hydrogens is 360 g/mol. The summed E-state index contributed by atoms with van der Waals surface area (Å²) in [5.41, 5.74) is 1.87. The molecule has 140 valence electrons. The van der Waals surface area contributed by atoms with Crippen molar-refractivity contribution in [3.05, 3.63) is 64.8 Å². The van der Waals surface area contributed by atoms with Crippen molar-refractivity contribution >= 4 is 29.1 Å². The lowest BCUT2D eigenvalue weighted by molar-refractivity contribution is -0.137. The third-order valence-electron chi connectivity index (χ3n) is 3.98. The SMILES string of the molecule is CCSC1=C(c2ccc(OC(C)C)cc2)C(=O)N(Cc2ccccn2)C1=O. The number of ether oxygens (including phenoxy) is 1. The average molecular weight is 382 g/mol. The number of carbonyl (C=O) groups is 2. The summed E-state index contributed by atoms with van der Waals surface area (Å²) in [5.74, 6) is 0.916. The van der Waals surface area contributed by atoms with E-state index in [-0.39, 0.29) is 24.5 Å². The average Bonchev–Trinajstić information content (AvgIpc) is 2.88. The molecule has 1 aliphatic heterocycles. The smallest absolute Gasteiger partial charge is 0.268 e. The molecule has 0 N–H and O–H groups in total. The van der Waals surface area contributed by atoms with Gasteiger partial charge in [0, 0.05) is 6.20 Å². The predicted octanol–water partition coefficient (Wildman–Crippen LogP) is 3.90. The van der Waals surface area contributed by atoms with E-state index in [2.05, 4.69) is 4.98 Å². The summed E-state index contributed by atoms with van der Waals surface area (Å²) in [4.78, 5) is 31.9. The minimum atomic E-state index is -0.279. The number of aromatic nitrogens is 1. The highest BCUT2D eigenvalue weighted by atomic mass is 32.2. The second kappa shape index (κ2) is 8.39. The molecule has 0 unspecified atom stereocenters. The number of amides is 2. The number of imide groups is 1. The summed E-state index contributed by atoms with van der Waals surface area (Å²) >= 11 is 1.40. The number of benzene rings is 1. The number of thioether (sulfide) groups is 1. The Bertz CT molecular complexity index is 861. The largest absolute Gasteiger partial charge is 0.491 e. The van der Waals surface area contributed by atoms with Gasteiger partial charge in [-0.15, -0.1) is 11.8 Å². The van der Waals surface area contributed by atoms with Crippen LogP contribution in [0.4, 0.5) is 0 Å². The van der Waals surface area contributed by atoms with E-state index in [0.717, 1.165) is 11.3 Å². The lowest BCUT2D eigenvalue weighted by Gasteiger charge is -2.14. The molecule has 5 nitrogen and oxygen atoms in total. The third kappa shape index (κ3) is 4.22. The maximum absolute atomic E-state index is 13.0. The van der Waals surface area contributed by atoms with Gasteiger partial charge in [0.2, 0.25) is 0 Å². The molecule has 1 aliphatic rings. The fourth-order valence-corrected chi connectivity index (χ4v) is 3.73. The van der Waals surface area contributed by atoms with E-state index < -0.39 is 0 Å². The molecule has 0 fully saturated rings. The monoisotopic (exact) mass is 382 g/mol. The van der Waals surface area contributed by atoms with Crippen LogP contribution in [0.1, 0.15) is 32.0 Å². The van der Waals surface area contributed by atoms with Crippen molar-refractivity contribution in [3.63, 3.8) is 0 Å². The number of pyridine rings is 1. The molecule has 1 aromatic heterocycles. The van der Waals surface area contributed by atoms with Gasteiger partial charge in [0.15, 0.2) is 0 Å². The van der Waals surface area contributed by atoms with Crippen LogP contribution in [0.15, 0.2) is 53.6 Å². The van der Waals surface area contributed by atoms with Gasteiger partial charge in [-0.3, -0.25) is 19.5 Å². The van der Waals surface area contributed by atoms with Crippen LogP contribution >= 0.6 is 11.8 Å². The van der Waals surface area contributed by atoms with Crippen LogP contribution in [0.25, 0.3) is 5.57 Å². The molecule has 6 heteroatoms. The quantitative estimate of drug-likeness (QED) is 0.680. The standard InChI is InChI=1S/C21H22N2O3S/c1-4-27-19-18(15-8-10-17(11-9-15)26-14(2)3)20(24)23(21(19)25)13-16-7-5-6-12-22-16/h5-12,14H,4,13H2,1-3H3. The van der Waals surface area contributed by atoms with Crippen LogP contribution in [0.3, 0.4) is 0 Å². The lowest BCUT2D eigenvalue weighted by atomic mass is 10.1. The molecule has 2 aromatic rings. The summed E-state index contributed by atoms with van der Waals surface area (Å²) in [5, 5.41) is 0. The number of hydrogen-bond donors (Lipinski definition) is 0. The van der Waals surface area contributed by atoms with E-state index in [0.29, 0.717) is 21.9 Å². The van der Waals surface area contributed by atoms with Gasteiger partial charge >= 0.3 is 0 Å². The van der Waals surface area contributed by atoms with Crippen molar-refractivity contribution in [3.8, 4) is 5.75 Å². The first-order chi connectivity index (χ1) is 13.0. The van der Waals surface area contributed by atoms with E-state index in [4.69, 9.17) is 4.74 Å². The highest BCUT2D eigenvalue weighted by Crippen LogP contribution is 2.37. The zero-order valence-corrected chi connectivity index (χ0v) is 16.5. The lowest BCUT2D eigenvalue weighted by Crippen LogP contribution is -2.31. The molecule has 0 aliphatic carbocycles. The van der Waals surface area contributed by atoms with E-state index in [1.165, 1.54) is 16.7 Å². The van der Waals surface area contributed by atoms with Gasteiger partial charge in [0.1, 0.15) is 5.75 Å². The van der Waals surface area contributed by atoms with E-state index >= 15 is 0 Å². The summed E-state index contributed by atoms with van der Waals surface area (Å²) in [6, 6.07) is 12.8. The summed E-state index contributed by atoms with van der Waals surface area (Å²) < 4.78 is 5.66. The second-order valence-electron chi connectivity index (χ2n) is 6.35. The molecule has 0 atom stereocenters. The Morgan fingerprint density at radius 3 is 2.41 bits per heavy atom. The van der Waals surface area contributed by atoms with E-state index in [9.17, 15) is 9.59 Å². The van der Waals surface area contributed by atoms with Crippen LogP contribution in [-0.4, -0.2) is 33.6 Å². The van der Waals surface area contributed by atoms with Gasteiger partial charge in [-0.05, 0) is 49.4 Å². The summed E-state index contributed by atoms with van der Waals surface area (Å²) in [7, 11) is 0. The van der Waals surface area contributed by atoms with Gasteiger partial charge in [-0.2, -0.15) is 0 Å². The molecule has 27 heavy (non-hydrogen) atoms. The molecule has 0 saturated heterocycles. The van der Waals surface area contributed by atoms with Gasteiger partial charge in [0.05, 0.1) is 28.8 Å². The Balaban J connectivity index is 1.91. The highest BCUT2D eigenvalue weighted by molar-refractivity contribution is 8.04. The molecule has 2 amide bonds. The molecule has 0 saturated carbocycles. The molecule has 0 spiro atoms. The Kier molecular flexibility index (Phi) is 5.96. The Morgan fingerprint density at radius 1 is 1.07 bits per heavy atom. The number of rotatable bonds is 7. The minimum Gasteiger partial charge on any atom is -0.491 e. The van der Waals surface area contributed by atoms with Crippen LogP contribution in [0, 0.1) is 0 Å². The number of carbonyl (C=O) groups excluding carboxylic acids is 2. The Morgan fingerprint density at radius 2 is 1.81 bits per heavy atom. The van der Waals surface area contributed by atoms with Crippen molar-refractivity contribution < 1.29 is 14.3 Å². The maximum Gasteiger partial charge on any atom is 0.268 e. The molecular formula is C21H22N2O3S. The van der Waals surface area contributed by atoms with Crippen molar-refractivity contribution in [2.75, 3.05) is 5.75 Å². The fourth-order valence-electron chi connectivity index (χ4n) is 2.86. The van der Waals surface area contributed by atoms with E-state index in [1.807, 2.05) is 57.2 Å². The van der Waals surface area contributed by atoms with Crippen LogP contribution in [0.2, 0.25) is 0 Å². The predicted molar refractivity (Wildman–Crippen MR) is 107 cm³/mol. The summed E-state index contributed by atoms with van der Waals surface area (Å²) in [6.07, 6.45) is 1.73. The van der Waals surface area contributed by atoms with Crippen LogP contribution < -0.4 is 4.74 Å². The molecule has 3 rings (SSSR count). The molecule has 2 heterocycles. The molecule has 0 radical (unpaired) electrons. The number of hydrogen-bond acceptors (Lipinski definition) is 5. The third-order valence-corrected chi connectivity index (χ3v) is 4.93. The van der Waals surface area contributed by atoms with Gasteiger partial charge in [-0.1, -0.05) is 25.1 Å². The first kappa shape index (κ1) is 19.2. The second-order valence-corrected chi connectivity index (χ2v) is 7.62. The van der Waals surface area contributed by atoms with Gasteiger partial charge < -0.3 is 4.74 Å². The van der Waals surface area contributed by atoms with Gasteiger partial charge in [0.25, 0.3) is 11.8 Å². The first-order valence-electron chi connectivity index (χ1n) is 8.91. The number of nitrogens with zero attached hydrogens (tertiary/aromatic N) is 2. The highest BCUT2D eigenvalue weighted by Gasteiger charge is 2.39. The van der Waals surface area contributed by atoms with Crippen molar-refractivity contribution in [1.29, 1.82) is 0 Å². The normalized spacial score (nSPS) is 14.4. The molecule has 1 aromatic carbocycles. The first-order valence-corrected chi connectivity index (χ1v) is 9.90. The minimum absolute atomic E-state index is 0.0739.